The van der Waals surface area contributed by atoms with E-state index in [1.807, 2.05) is 24.3 Å². The average molecular weight is 816 g/mol. The van der Waals surface area contributed by atoms with Crippen LogP contribution in [0.3, 0.4) is 0 Å². The molecule has 11 nitrogen and oxygen atoms in total. The lowest BCUT2D eigenvalue weighted by Gasteiger charge is -2.14. The van der Waals surface area contributed by atoms with Crippen LogP contribution >= 0.6 is 0 Å². The van der Waals surface area contributed by atoms with Gasteiger partial charge in [-0.1, -0.05) is 139 Å². The third-order valence-corrected chi connectivity index (χ3v) is 10.1. The predicted octanol–water partition coefficient (Wildman–Crippen LogP) is 9.14. The zero-order chi connectivity index (χ0) is 40.8. The van der Waals surface area contributed by atoms with Crippen LogP contribution in [-0.4, -0.2) is 125 Å². The van der Waals surface area contributed by atoms with Gasteiger partial charge in [0.05, 0.1) is 99.1 Å². The first-order valence-electron chi connectivity index (χ1n) is 22.5. The van der Waals surface area contributed by atoms with Crippen LogP contribution in [0.1, 0.15) is 114 Å². The summed E-state index contributed by atoms with van der Waals surface area (Å²) < 4.78 is 50.1. The molecular formula is C47H77NO10. The monoisotopic (exact) mass is 816 g/mol. The van der Waals surface area contributed by atoms with Crippen molar-refractivity contribution in [1.82, 2.24) is 5.32 Å². The molecule has 0 unspecified atom stereocenters. The number of ether oxygens (including phenoxy) is 9. The molecule has 0 aromatic heterocycles. The molecule has 0 aliphatic heterocycles. The van der Waals surface area contributed by atoms with Crippen LogP contribution in [0.25, 0.3) is 11.1 Å². The van der Waals surface area contributed by atoms with Crippen molar-refractivity contribution >= 4 is 6.09 Å². The number of nitrogens with one attached hydrogen (secondary N) is 1. The molecule has 0 spiro atoms. The SMILES string of the molecule is CCCCCCCCCCCCCCCCOCCOCCOCCOCCOCCOCCOCCOCCNC(=O)OCC1c2ccccc2-c2ccccc21. The second-order valence-electron chi connectivity index (χ2n) is 14.7. The number of benzene rings is 2. The minimum atomic E-state index is -0.445. The van der Waals surface area contributed by atoms with E-state index in [0.717, 1.165) is 13.0 Å². The number of fused-ring (bicyclic) bond motifs is 3. The zero-order valence-corrected chi connectivity index (χ0v) is 35.9. The molecule has 0 atom stereocenters. The predicted molar refractivity (Wildman–Crippen MR) is 230 cm³/mol. The number of amides is 1. The van der Waals surface area contributed by atoms with E-state index in [9.17, 15) is 4.79 Å². The molecule has 1 aliphatic rings. The van der Waals surface area contributed by atoms with Gasteiger partial charge in [0.2, 0.25) is 0 Å². The summed E-state index contributed by atoms with van der Waals surface area (Å²) in [5.74, 6) is 0.0420. The highest BCUT2D eigenvalue weighted by atomic mass is 16.6. The van der Waals surface area contributed by atoms with Crippen molar-refractivity contribution in [2.45, 2.75) is 103 Å². The Morgan fingerprint density at radius 3 is 1.16 bits per heavy atom. The number of unbranched alkanes of at least 4 members (excludes halogenated alkanes) is 13. The molecular weight excluding hydrogens is 739 g/mol. The van der Waals surface area contributed by atoms with E-state index in [1.54, 1.807) is 0 Å². The van der Waals surface area contributed by atoms with Crippen molar-refractivity contribution < 1.29 is 47.4 Å². The van der Waals surface area contributed by atoms with Crippen molar-refractivity contribution in [3.8, 4) is 11.1 Å². The van der Waals surface area contributed by atoms with Gasteiger partial charge >= 0.3 is 6.09 Å². The highest BCUT2D eigenvalue weighted by Crippen LogP contribution is 2.44. The van der Waals surface area contributed by atoms with E-state index in [2.05, 4.69) is 36.5 Å². The van der Waals surface area contributed by atoms with E-state index in [4.69, 9.17) is 42.6 Å². The van der Waals surface area contributed by atoms with E-state index in [0.29, 0.717) is 112 Å². The van der Waals surface area contributed by atoms with Crippen LogP contribution in [0, 0.1) is 0 Å². The first-order valence-corrected chi connectivity index (χ1v) is 22.5. The molecule has 1 amide bonds. The summed E-state index contributed by atoms with van der Waals surface area (Å²) in [4.78, 5) is 12.3. The molecule has 2 aromatic carbocycles. The lowest BCUT2D eigenvalue weighted by Crippen LogP contribution is -2.29. The molecule has 330 valence electrons. The minimum Gasteiger partial charge on any atom is -0.449 e. The van der Waals surface area contributed by atoms with E-state index >= 15 is 0 Å². The van der Waals surface area contributed by atoms with E-state index < -0.39 is 6.09 Å². The number of alkyl carbamates (subject to hydrolysis) is 1. The summed E-state index contributed by atoms with van der Waals surface area (Å²) in [6.07, 6.45) is 18.8. The molecule has 0 saturated heterocycles. The Kier molecular flexibility index (Phi) is 31.1. The average Bonchev–Trinajstić information content (AvgIpc) is 3.57. The Morgan fingerprint density at radius 1 is 0.431 bits per heavy atom. The van der Waals surface area contributed by atoms with Gasteiger partial charge in [-0.15, -0.1) is 0 Å². The van der Waals surface area contributed by atoms with E-state index in [1.165, 1.54) is 106 Å². The highest BCUT2D eigenvalue weighted by molar-refractivity contribution is 5.79. The fourth-order valence-electron chi connectivity index (χ4n) is 6.91. The Balaban J connectivity index is 0.927. The summed E-state index contributed by atoms with van der Waals surface area (Å²) in [7, 11) is 0. The molecule has 11 heteroatoms. The summed E-state index contributed by atoms with van der Waals surface area (Å²) in [6, 6.07) is 16.6. The first-order chi connectivity index (χ1) is 28.8. The summed E-state index contributed by atoms with van der Waals surface area (Å²) in [5, 5.41) is 2.75. The number of hydrogen-bond donors (Lipinski definition) is 1. The normalized spacial score (nSPS) is 12.2. The van der Waals surface area contributed by atoms with Crippen LogP contribution in [0.2, 0.25) is 0 Å². The Labute approximate surface area is 350 Å². The van der Waals surface area contributed by atoms with Crippen molar-refractivity contribution in [2.24, 2.45) is 0 Å². The number of carbonyl (C=O) groups is 1. The molecule has 3 rings (SSSR count). The van der Waals surface area contributed by atoms with Crippen molar-refractivity contribution in [3.63, 3.8) is 0 Å². The Morgan fingerprint density at radius 2 is 0.759 bits per heavy atom. The van der Waals surface area contributed by atoms with Crippen LogP contribution in [0.15, 0.2) is 48.5 Å². The summed E-state index contributed by atoms with van der Waals surface area (Å²) >= 11 is 0. The van der Waals surface area contributed by atoms with Gasteiger partial charge in [0.15, 0.2) is 0 Å². The largest absolute Gasteiger partial charge is 0.449 e. The summed E-state index contributed by atoms with van der Waals surface area (Å²) in [6.45, 7) is 11.4. The first kappa shape index (κ1) is 49.8. The standard InChI is InChI=1S/C47H77NO10/c1-2-3-4-5-6-7-8-9-10-11-12-13-14-19-25-50-27-29-52-31-33-54-35-37-56-39-40-57-38-36-55-34-32-53-30-28-51-26-24-48-47(49)58-41-46-44-22-17-15-20-42(44)43-21-16-18-23-45(43)46/h15-18,20-23,46H,2-14,19,24-41H2,1H3,(H,48,49). The third-order valence-electron chi connectivity index (χ3n) is 10.1. The van der Waals surface area contributed by atoms with Crippen LogP contribution < -0.4 is 5.32 Å². The van der Waals surface area contributed by atoms with Gasteiger partial charge in [0.1, 0.15) is 6.61 Å². The third kappa shape index (κ3) is 24.5. The lowest BCUT2D eigenvalue weighted by molar-refractivity contribution is -0.0230. The van der Waals surface area contributed by atoms with Gasteiger partial charge in [0.25, 0.3) is 0 Å². The molecule has 2 aromatic rings. The maximum atomic E-state index is 12.3. The van der Waals surface area contributed by atoms with Gasteiger partial charge < -0.3 is 47.9 Å². The van der Waals surface area contributed by atoms with Crippen LogP contribution in [-0.2, 0) is 42.6 Å². The van der Waals surface area contributed by atoms with Crippen molar-refractivity contribution in [3.05, 3.63) is 59.7 Å². The molecule has 1 aliphatic carbocycles. The molecule has 1 N–H and O–H groups in total. The zero-order valence-electron chi connectivity index (χ0n) is 35.9. The fraction of sp³-hybridized carbons (Fsp3) is 0.723. The molecule has 0 heterocycles. The van der Waals surface area contributed by atoms with Crippen molar-refractivity contribution in [1.29, 1.82) is 0 Å². The van der Waals surface area contributed by atoms with Gasteiger partial charge in [0, 0.05) is 19.1 Å². The molecule has 58 heavy (non-hydrogen) atoms. The number of rotatable bonds is 41. The number of carbonyl (C=O) groups excluding carboxylic acids is 1. The van der Waals surface area contributed by atoms with Crippen LogP contribution in [0.4, 0.5) is 4.79 Å². The molecule has 0 saturated carbocycles. The Bertz CT molecular complexity index is 1200. The number of hydrogen-bond acceptors (Lipinski definition) is 10. The fourth-order valence-corrected chi connectivity index (χ4v) is 6.91. The van der Waals surface area contributed by atoms with E-state index in [-0.39, 0.29) is 5.92 Å². The maximum Gasteiger partial charge on any atom is 0.407 e. The molecule has 0 bridgehead atoms. The second-order valence-corrected chi connectivity index (χ2v) is 14.7. The second kappa shape index (κ2) is 36.3. The minimum absolute atomic E-state index is 0.0420. The smallest absolute Gasteiger partial charge is 0.407 e. The summed E-state index contributed by atoms with van der Waals surface area (Å²) in [5.41, 5.74) is 4.79. The highest BCUT2D eigenvalue weighted by Gasteiger charge is 2.28. The quantitative estimate of drug-likeness (QED) is 0.0653. The topological polar surface area (TPSA) is 112 Å². The van der Waals surface area contributed by atoms with Gasteiger partial charge in [-0.3, -0.25) is 0 Å². The van der Waals surface area contributed by atoms with Gasteiger partial charge in [-0.25, -0.2) is 4.79 Å². The Hall–Kier alpha value is -2.61. The van der Waals surface area contributed by atoms with Gasteiger partial charge in [-0.2, -0.15) is 0 Å². The van der Waals surface area contributed by atoms with Crippen molar-refractivity contribution in [2.75, 3.05) is 119 Å². The maximum absolute atomic E-state index is 12.3. The van der Waals surface area contributed by atoms with Gasteiger partial charge in [-0.05, 0) is 28.7 Å². The molecule has 0 radical (unpaired) electrons. The molecule has 0 fully saturated rings. The lowest BCUT2D eigenvalue weighted by atomic mass is 9.98. The van der Waals surface area contributed by atoms with Crippen LogP contribution in [0.5, 0.6) is 0 Å².